The van der Waals surface area contributed by atoms with Crippen molar-refractivity contribution in [3.63, 3.8) is 0 Å². The molecule has 0 aliphatic heterocycles. The van der Waals surface area contributed by atoms with Crippen molar-refractivity contribution in [1.82, 2.24) is 0 Å². The van der Waals surface area contributed by atoms with E-state index in [9.17, 15) is 9.90 Å². The van der Waals surface area contributed by atoms with Gasteiger partial charge in [0.15, 0.2) is 0 Å². The molecule has 3 aromatic carbocycles. The quantitative estimate of drug-likeness (QED) is 0.339. The molecule has 2 fully saturated rings. The molecule has 2 saturated carbocycles. The van der Waals surface area contributed by atoms with Crippen molar-refractivity contribution in [2.24, 2.45) is 17.3 Å². The highest BCUT2D eigenvalue weighted by molar-refractivity contribution is 5.79. The largest absolute Gasteiger partial charge is 0.497 e. The third-order valence-corrected chi connectivity index (χ3v) is 10.0. The lowest BCUT2D eigenvalue weighted by molar-refractivity contribution is -0.139. The summed E-state index contributed by atoms with van der Waals surface area (Å²) >= 11 is 0. The van der Waals surface area contributed by atoms with Crippen LogP contribution in [0.3, 0.4) is 0 Å². The molecule has 0 saturated heterocycles. The maximum Gasteiger partial charge on any atom is 0.307 e. The molecular weight excluding hydrogens is 491 g/mol. The number of hydrogen-bond acceptors (Lipinski definition) is 3. The minimum atomic E-state index is -0.698. The van der Waals surface area contributed by atoms with Crippen LogP contribution in [0.4, 0.5) is 4.39 Å². The molecule has 1 N–H and O–H groups in total. The number of hydrogen-bond donors (Lipinski definition) is 1. The maximum atomic E-state index is 15.1. The van der Waals surface area contributed by atoms with Crippen LogP contribution in [0.25, 0.3) is 11.1 Å². The molecule has 39 heavy (non-hydrogen) atoms. The number of rotatable bonds is 7. The Bertz CT molecular complexity index is 1440. The van der Waals surface area contributed by atoms with E-state index in [1.54, 1.807) is 19.2 Å². The number of aryl methyl sites for hydroxylation is 1. The van der Waals surface area contributed by atoms with Crippen LogP contribution in [0.2, 0.25) is 0 Å². The number of ether oxygens (including phenoxy) is 2. The van der Waals surface area contributed by atoms with Gasteiger partial charge in [-0.15, -0.1) is 0 Å². The molecular formula is C34H37FO4. The van der Waals surface area contributed by atoms with Gasteiger partial charge in [-0.2, -0.15) is 0 Å². The normalized spacial score (nSPS) is 26.4. The third kappa shape index (κ3) is 4.21. The van der Waals surface area contributed by atoms with E-state index in [0.717, 1.165) is 60.1 Å². The molecule has 5 heteroatoms. The molecule has 0 aromatic heterocycles. The summed E-state index contributed by atoms with van der Waals surface area (Å²) in [6.45, 7) is 7.07. The summed E-state index contributed by atoms with van der Waals surface area (Å²) in [6.07, 6.45) is 5.20. The predicted molar refractivity (Wildman–Crippen MR) is 150 cm³/mol. The molecule has 0 heterocycles. The lowest BCUT2D eigenvalue weighted by Gasteiger charge is -2.30. The summed E-state index contributed by atoms with van der Waals surface area (Å²) in [7, 11) is 1.60. The standard InChI is InChI=1S/C34H37FO4/c1-20-31(32(36)37)34(20)15-13-22-8-9-24(18-29(22)34)39-19-21-7-11-25(27-17-23(38-4)10-12-30(27)35)26(16-21)28-6-5-14-33(28,2)3/h7-12,16-18,20,28,31H,5-6,13-15,19H2,1-4H3,(H,36,37)/t20-,28-,31+,34-/m1/s1. The Balaban J connectivity index is 1.31. The average molecular weight is 529 g/mol. The van der Waals surface area contributed by atoms with E-state index in [0.29, 0.717) is 23.8 Å². The van der Waals surface area contributed by atoms with Crippen molar-refractivity contribution in [1.29, 1.82) is 0 Å². The summed E-state index contributed by atoms with van der Waals surface area (Å²) in [5, 5.41) is 9.74. The van der Waals surface area contributed by atoms with E-state index < -0.39 is 5.97 Å². The van der Waals surface area contributed by atoms with Crippen molar-refractivity contribution >= 4 is 5.97 Å². The molecule has 4 nitrogen and oxygen atoms in total. The number of fused-ring (bicyclic) bond motifs is 2. The van der Waals surface area contributed by atoms with Gasteiger partial charge in [0.1, 0.15) is 23.9 Å². The molecule has 6 rings (SSSR count). The van der Waals surface area contributed by atoms with Gasteiger partial charge in [-0.05, 0) is 101 Å². The van der Waals surface area contributed by atoms with Crippen molar-refractivity contribution in [3.05, 3.63) is 82.7 Å². The number of carbonyl (C=O) groups is 1. The zero-order valence-corrected chi connectivity index (χ0v) is 23.2. The number of methoxy groups -OCH3 is 1. The lowest BCUT2D eigenvalue weighted by atomic mass is 9.75. The summed E-state index contributed by atoms with van der Waals surface area (Å²) in [6, 6.07) is 17.3. The smallest absolute Gasteiger partial charge is 0.307 e. The fraction of sp³-hybridized carbons (Fsp3) is 0.441. The van der Waals surface area contributed by atoms with E-state index in [1.807, 2.05) is 18.2 Å². The van der Waals surface area contributed by atoms with E-state index in [2.05, 4.69) is 39.0 Å². The van der Waals surface area contributed by atoms with Crippen LogP contribution < -0.4 is 9.47 Å². The van der Waals surface area contributed by atoms with Crippen LogP contribution >= 0.6 is 0 Å². The van der Waals surface area contributed by atoms with Crippen LogP contribution in [-0.4, -0.2) is 18.2 Å². The molecule has 204 valence electrons. The first kappa shape index (κ1) is 25.9. The minimum absolute atomic E-state index is 0.125. The molecule has 0 amide bonds. The van der Waals surface area contributed by atoms with Gasteiger partial charge in [0.25, 0.3) is 0 Å². The van der Waals surface area contributed by atoms with Crippen molar-refractivity contribution in [3.8, 4) is 22.6 Å². The van der Waals surface area contributed by atoms with Crippen molar-refractivity contribution in [2.75, 3.05) is 7.11 Å². The van der Waals surface area contributed by atoms with Crippen LogP contribution in [0.1, 0.15) is 74.6 Å². The van der Waals surface area contributed by atoms with Gasteiger partial charge in [-0.1, -0.05) is 51.5 Å². The molecule has 3 aromatic rings. The summed E-state index contributed by atoms with van der Waals surface area (Å²) < 4.78 is 26.8. The SMILES string of the molecule is COc1ccc(F)c(-c2ccc(COc3ccc4c(c3)[C@@]3(CC4)[C@H](C)[C@H]3C(=O)O)cc2[C@H]2CCCC2(C)C)c1. The second-order valence-corrected chi connectivity index (χ2v) is 12.5. The summed E-state index contributed by atoms with van der Waals surface area (Å²) in [5.41, 5.74) is 5.95. The first-order chi connectivity index (χ1) is 18.7. The molecule has 0 bridgehead atoms. The van der Waals surface area contributed by atoms with Gasteiger partial charge < -0.3 is 14.6 Å². The Morgan fingerprint density at radius 1 is 1.03 bits per heavy atom. The zero-order chi connectivity index (χ0) is 27.5. The number of halogens is 1. The monoisotopic (exact) mass is 528 g/mol. The fourth-order valence-corrected chi connectivity index (χ4v) is 7.78. The van der Waals surface area contributed by atoms with Crippen molar-refractivity contribution < 1.29 is 23.8 Å². The van der Waals surface area contributed by atoms with Crippen LogP contribution in [0.5, 0.6) is 11.5 Å². The van der Waals surface area contributed by atoms with Crippen LogP contribution in [0.15, 0.2) is 54.6 Å². The second-order valence-electron chi connectivity index (χ2n) is 12.5. The second kappa shape index (κ2) is 9.39. The highest BCUT2D eigenvalue weighted by atomic mass is 19.1. The molecule has 3 aliphatic carbocycles. The average Bonchev–Trinajstić information content (AvgIpc) is 3.15. The predicted octanol–water partition coefficient (Wildman–Crippen LogP) is 7.91. The molecule has 0 radical (unpaired) electrons. The first-order valence-electron chi connectivity index (χ1n) is 14.1. The third-order valence-electron chi connectivity index (χ3n) is 10.0. The van der Waals surface area contributed by atoms with E-state index in [-0.39, 0.29) is 28.5 Å². The molecule has 4 atom stereocenters. The Kier molecular flexibility index (Phi) is 6.24. The van der Waals surface area contributed by atoms with Crippen molar-refractivity contribution in [2.45, 2.75) is 70.8 Å². The topological polar surface area (TPSA) is 55.8 Å². The molecule has 0 unspecified atom stereocenters. The van der Waals surface area contributed by atoms with E-state index in [1.165, 1.54) is 11.6 Å². The van der Waals surface area contributed by atoms with Crippen LogP contribution in [0, 0.1) is 23.1 Å². The molecule has 3 aliphatic rings. The van der Waals surface area contributed by atoms with Gasteiger partial charge in [-0.25, -0.2) is 4.39 Å². The molecule has 1 spiro atoms. The summed E-state index contributed by atoms with van der Waals surface area (Å²) in [5.74, 6) is 0.616. The number of benzene rings is 3. The van der Waals surface area contributed by atoms with Gasteiger partial charge in [0.2, 0.25) is 0 Å². The minimum Gasteiger partial charge on any atom is -0.497 e. The zero-order valence-electron chi connectivity index (χ0n) is 23.2. The Morgan fingerprint density at radius 3 is 2.51 bits per heavy atom. The van der Waals surface area contributed by atoms with Gasteiger partial charge in [0.05, 0.1) is 13.0 Å². The number of carboxylic acids is 1. The highest BCUT2D eigenvalue weighted by Gasteiger charge is 2.68. The maximum absolute atomic E-state index is 15.1. The highest BCUT2D eigenvalue weighted by Crippen LogP contribution is 2.66. The summed E-state index contributed by atoms with van der Waals surface area (Å²) in [4.78, 5) is 11.9. The van der Waals surface area contributed by atoms with E-state index in [4.69, 9.17) is 9.47 Å². The Morgan fingerprint density at radius 2 is 1.82 bits per heavy atom. The van der Waals surface area contributed by atoms with E-state index >= 15 is 4.39 Å². The first-order valence-corrected chi connectivity index (χ1v) is 14.1. The Hall–Kier alpha value is -3.34. The fourth-order valence-electron chi connectivity index (χ4n) is 7.78. The van der Waals surface area contributed by atoms with Gasteiger partial charge >= 0.3 is 5.97 Å². The van der Waals surface area contributed by atoms with Gasteiger partial charge in [-0.3, -0.25) is 4.79 Å². The number of carboxylic acid groups (broad SMARTS) is 1. The number of aliphatic carboxylic acids is 1. The van der Waals surface area contributed by atoms with Gasteiger partial charge in [0, 0.05) is 11.0 Å². The van der Waals surface area contributed by atoms with Crippen LogP contribution in [-0.2, 0) is 23.2 Å². The Labute approximate surface area is 230 Å². The lowest BCUT2D eigenvalue weighted by Crippen LogP contribution is -2.17.